The van der Waals surface area contributed by atoms with Gasteiger partial charge < -0.3 is 18.6 Å². The summed E-state index contributed by atoms with van der Waals surface area (Å²) in [4.78, 5) is 27.9. The normalized spacial score (nSPS) is 10.3. The van der Waals surface area contributed by atoms with Crippen LogP contribution in [0.25, 0.3) is 0 Å². The van der Waals surface area contributed by atoms with Gasteiger partial charge in [-0.2, -0.15) is 0 Å². The fourth-order valence-corrected chi connectivity index (χ4v) is 2.67. The number of aromatic nitrogens is 1. The monoisotopic (exact) mass is 373 g/mol. The molecular weight excluding hydrogens is 358 g/mol. The molecule has 0 saturated heterocycles. The van der Waals surface area contributed by atoms with Crippen molar-refractivity contribution in [3.63, 3.8) is 0 Å². The Labute approximate surface area is 153 Å². The third kappa shape index (κ3) is 4.28. The van der Waals surface area contributed by atoms with E-state index in [1.807, 2.05) is 5.38 Å². The molecule has 26 heavy (non-hydrogen) atoms. The van der Waals surface area contributed by atoms with Gasteiger partial charge in [-0.15, -0.1) is 11.3 Å². The number of hydrogen-bond acceptors (Lipinski definition) is 8. The summed E-state index contributed by atoms with van der Waals surface area (Å²) >= 11 is 1.49. The molecule has 0 aliphatic rings. The number of thiazole rings is 1. The highest BCUT2D eigenvalue weighted by Gasteiger charge is 2.17. The number of methoxy groups -OCH3 is 1. The third-order valence-electron chi connectivity index (χ3n) is 3.42. The molecule has 0 spiro atoms. The first-order valence-electron chi connectivity index (χ1n) is 7.59. The van der Waals surface area contributed by atoms with E-state index >= 15 is 0 Å². The van der Waals surface area contributed by atoms with Gasteiger partial charge >= 0.3 is 11.9 Å². The van der Waals surface area contributed by atoms with Crippen molar-refractivity contribution >= 4 is 23.3 Å². The lowest BCUT2D eigenvalue weighted by Crippen LogP contribution is -2.08. The van der Waals surface area contributed by atoms with Crippen LogP contribution in [-0.4, -0.2) is 24.0 Å². The Hall–Kier alpha value is -3.13. The quantitative estimate of drug-likeness (QED) is 0.586. The summed E-state index contributed by atoms with van der Waals surface area (Å²) in [5.74, 6) is -0.619. The second-order valence-corrected chi connectivity index (χ2v) is 5.86. The smallest absolute Gasteiger partial charge is 0.374 e. The molecule has 0 bridgehead atoms. The number of ether oxygens (including phenoxy) is 3. The van der Waals surface area contributed by atoms with Crippen LogP contribution in [0, 0.1) is 0 Å². The molecule has 134 valence electrons. The van der Waals surface area contributed by atoms with E-state index in [-0.39, 0.29) is 12.4 Å². The van der Waals surface area contributed by atoms with Crippen molar-refractivity contribution in [1.82, 2.24) is 4.98 Å². The van der Waals surface area contributed by atoms with Gasteiger partial charge in [-0.3, -0.25) is 0 Å². The van der Waals surface area contributed by atoms with E-state index in [0.29, 0.717) is 23.5 Å². The van der Waals surface area contributed by atoms with Gasteiger partial charge in [0.05, 0.1) is 30.1 Å². The molecule has 8 heteroatoms. The average Bonchev–Trinajstić information content (AvgIpc) is 3.35. The molecule has 0 atom stereocenters. The van der Waals surface area contributed by atoms with Crippen LogP contribution in [0.3, 0.4) is 0 Å². The average molecular weight is 373 g/mol. The number of nitrogens with zero attached hydrogens (tertiary/aromatic N) is 1. The van der Waals surface area contributed by atoms with Crippen LogP contribution < -0.4 is 4.74 Å². The number of furan rings is 1. The van der Waals surface area contributed by atoms with E-state index in [1.165, 1.54) is 24.7 Å². The third-order valence-corrected chi connectivity index (χ3v) is 4.05. The molecule has 0 fully saturated rings. The van der Waals surface area contributed by atoms with Crippen LogP contribution in [0.1, 0.15) is 32.2 Å². The number of esters is 2. The van der Waals surface area contributed by atoms with Gasteiger partial charge in [0.25, 0.3) is 0 Å². The van der Waals surface area contributed by atoms with E-state index < -0.39 is 11.9 Å². The fourth-order valence-electron chi connectivity index (χ4n) is 2.13. The van der Waals surface area contributed by atoms with Gasteiger partial charge in [0, 0.05) is 10.9 Å². The first-order chi connectivity index (χ1) is 12.7. The molecule has 0 aliphatic carbocycles. The van der Waals surface area contributed by atoms with E-state index in [1.54, 1.807) is 35.8 Å². The summed E-state index contributed by atoms with van der Waals surface area (Å²) in [6.45, 7) is 0.211. The molecule has 2 aromatic heterocycles. The topological polar surface area (TPSA) is 87.9 Å². The standard InChI is InChI=1S/C18H15NO6S/c1-22-18(21)16-13(5-6-23-16)8-25-17(20)12-3-2-4-15(7-12)24-9-14-10-26-11-19-14/h2-7,10-11H,8-9H2,1H3. The molecule has 3 rings (SSSR count). The highest BCUT2D eigenvalue weighted by molar-refractivity contribution is 7.07. The van der Waals surface area contributed by atoms with Gasteiger partial charge in [-0.25, -0.2) is 14.6 Å². The lowest BCUT2D eigenvalue weighted by Gasteiger charge is -2.07. The van der Waals surface area contributed by atoms with E-state index in [2.05, 4.69) is 9.72 Å². The Morgan fingerprint density at radius 1 is 1.19 bits per heavy atom. The van der Waals surface area contributed by atoms with Crippen LogP contribution in [0.2, 0.25) is 0 Å². The molecular formula is C18H15NO6S. The Morgan fingerprint density at radius 2 is 2.08 bits per heavy atom. The minimum Gasteiger partial charge on any atom is -0.487 e. The Kier molecular flexibility index (Phi) is 5.65. The minimum absolute atomic E-state index is 0.0145. The lowest BCUT2D eigenvalue weighted by atomic mass is 10.2. The zero-order valence-corrected chi connectivity index (χ0v) is 14.7. The van der Waals surface area contributed by atoms with Crippen molar-refractivity contribution in [3.05, 3.63) is 70.1 Å². The number of rotatable bonds is 7. The largest absolute Gasteiger partial charge is 0.487 e. The molecule has 7 nitrogen and oxygen atoms in total. The highest BCUT2D eigenvalue weighted by atomic mass is 32.1. The summed E-state index contributed by atoms with van der Waals surface area (Å²) in [7, 11) is 1.25. The summed E-state index contributed by atoms with van der Waals surface area (Å²) in [5.41, 5.74) is 3.31. The maximum absolute atomic E-state index is 12.2. The van der Waals surface area contributed by atoms with Gasteiger partial charge in [0.2, 0.25) is 5.76 Å². The number of benzene rings is 1. The van der Waals surface area contributed by atoms with Crippen LogP contribution in [-0.2, 0) is 22.7 Å². The SMILES string of the molecule is COC(=O)c1occc1COC(=O)c1cccc(OCc2cscn2)c1. The molecule has 3 aromatic rings. The first-order valence-corrected chi connectivity index (χ1v) is 8.53. The van der Waals surface area contributed by atoms with E-state index in [9.17, 15) is 9.59 Å². The Bertz CT molecular complexity index is 887. The number of carbonyl (C=O) groups is 2. The zero-order chi connectivity index (χ0) is 18.4. The van der Waals surface area contributed by atoms with Crippen LogP contribution in [0.4, 0.5) is 0 Å². The summed E-state index contributed by atoms with van der Waals surface area (Å²) in [6, 6.07) is 8.20. The fraction of sp³-hybridized carbons (Fsp3) is 0.167. The maximum Gasteiger partial charge on any atom is 0.374 e. The molecule has 1 aromatic carbocycles. The second-order valence-electron chi connectivity index (χ2n) is 5.14. The van der Waals surface area contributed by atoms with Crippen molar-refractivity contribution in [1.29, 1.82) is 0 Å². The molecule has 0 radical (unpaired) electrons. The summed E-state index contributed by atoms with van der Waals surface area (Å²) in [6.07, 6.45) is 1.34. The number of carbonyl (C=O) groups excluding carboxylic acids is 2. The second kappa shape index (κ2) is 8.30. The van der Waals surface area contributed by atoms with Crippen molar-refractivity contribution < 1.29 is 28.2 Å². The minimum atomic E-state index is -0.626. The lowest BCUT2D eigenvalue weighted by molar-refractivity contribution is 0.0453. The zero-order valence-electron chi connectivity index (χ0n) is 13.8. The van der Waals surface area contributed by atoms with Crippen LogP contribution in [0.15, 0.2) is 51.9 Å². The summed E-state index contributed by atoms with van der Waals surface area (Å²) < 4.78 is 20.5. The molecule has 0 amide bonds. The predicted molar refractivity (Wildman–Crippen MR) is 92.1 cm³/mol. The van der Waals surface area contributed by atoms with Gasteiger partial charge in [-0.1, -0.05) is 6.07 Å². The summed E-state index contributed by atoms with van der Waals surface area (Å²) in [5, 5.41) is 1.89. The molecule has 0 aliphatic heterocycles. The first kappa shape index (κ1) is 17.7. The van der Waals surface area contributed by atoms with Gasteiger partial charge in [-0.05, 0) is 24.3 Å². The van der Waals surface area contributed by atoms with Crippen molar-refractivity contribution in [3.8, 4) is 5.75 Å². The van der Waals surface area contributed by atoms with Gasteiger partial charge in [0.15, 0.2) is 0 Å². The maximum atomic E-state index is 12.2. The van der Waals surface area contributed by atoms with Crippen molar-refractivity contribution in [2.45, 2.75) is 13.2 Å². The van der Waals surface area contributed by atoms with Gasteiger partial charge in [0.1, 0.15) is 19.0 Å². The molecule has 0 N–H and O–H groups in total. The van der Waals surface area contributed by atoms with Crippen molar-refractivity contribution in [2.24, 2.45) is 0 Å². The van der Waals surface area contributed by atoms with Crippen LogP contribution >= 0.6 is 11.3 Å². The highest BCUT2D eigenvalue weighted by Crippen LogP contribution is 2.18. The Balaban J connectivity index is 1.60. The van der Waals surface area contributed by atoms with E-state index in [0.717, 1.165) is 5.69 Å². The number of hydrogen-bond donors (Lipinski definition) is 0. The van der Waals surface area contributed by atoms with Crippen LogP contribution in [0.5, 0.6) is 5.75 Å². The molecule has 0 unspecified atom stereocenters. The molecule has 0 saturated carbocycles. The molecule has 2 heterocycles. The predicted octanol–water partition coefficient (Wildman–Crippen LogP) is 3.46. The van der Waals surface area contributed by atoms with E-state index in [4.69, 9.17) is 13.9 Å². The van der Waals surface area contributed by atoms with Crippen molar-refractivity contribution in [2.75, 3.05) is 7.11 Å². The Morgan fingerprint density at radius 3 is 2.85 bits per heavy atom.